The van der Waals surface area contributed by atoms with Crippen molar-refractivity contribution in [3.05, 3.63) is 52.8 Å². The Hall–Kier alpha value is -1.58. The van der Waals surface area contributed by atoms with Crippen molar-refractivity contribution in [2.24, 2.45) is 0 Å². The molecule has 112 valence electrons. The lowest BCUT2D eigenvalue weighted by atomic mass is 9.99. The van der Waals surface area contributed by atoms with E-state index >= 15 is 0 Å². The Balaban J connectivity index is 2.35. The average molecular weight is 308 g/mol. The Morgan fingerprint density at radius 3 is 2.67 bits per heavy atom. The van der Waals surface area contributed by atoms with Crippen molar-refractivity contribution < 1.29 is 9.13 Å². The molecule has 2 nitrogen and oxygen atoms in total. The van der Waals surface area contributed by atoms with E-state index in [1.54, 1.807) is 19.2 Å². The Morgan fingerprint density at radius 1 is 1.19 bits per heavy atom. The molecule has 2 rings (SSSR count). The normalized spacial score (nSPS) is 10.7. The molecule has 0 bridgehead atoms. The van der Waals surface area contributed by atoms with Gasteiger partial charge in [0.25, 0.3) is 0 Å². The second-order valence-corrected chi connectivity index (χ2v) is 5.23. The van der Waals surface area contributed by atoms with Crippen LogP contribution in [0.3, 0.4) is 0 Å². The fourth-order valence-corrected chi connectivity index (χ4v) is 2.48. The summed E-state index contributed by atoms with van der Waals surface area (Å²) in [6.45, 7) is 3.63. The third kappa shape index (κ3) is 3.96. The molecule has 21 heavy (non-hydrogen) atoms. The fourth-order valence-electron chi connectivity index (χ4n) is 2.22. The number of ether oxygens (including phenoxy) is 1. The summed E-state index contributed by atoms with van der Waals surface area (Å²) in [5.74, 6) is 0.403. The van der Waals surface area contributed by atoms with Gasteiger partial charge in [0, 0.05) is 6.54 Å². The maximum atomic E-state index is 13.5. The molecule has 4 heteroatoms. The first-order valence-corrected chi connectivity index (χ1v) is 7.36. The fraction of sp³-hybridized carbons (Fsp3) is 0.294. The highest BCUT2D eigenvalue weighted by atomic mass is 35.5. The SMILES string of the molecule is CCCNCc1cc(F)ccc1-c1ccc(OC)c(Cl)c1. The summed E-state index contributed by atoms with van der Waals surface area (Å²) in [5, 5.41) is 3.85. The largest absolute Gasteiger partial charge is 0.495 e. The number of halogens is 2. The van der Waals surface area contributed by atoms with Gasteiger partial charge in [-0.05, 0) is 53.9 Å². The van der Waals surface area contributed by atoms with Crippen molar-refractivity contribution in [3.8, 4) is 16.9 Å². The van der Waals surface area contributed by atoms with Crippen LogP contribution in [0.1, 0.15) is 18.9 Å². The minimum absolute atomic E-state index is 0.230. The Bertz CT molecular complexity index is 616. The number of benzene rings is 2. The van der Waals surface area contributed by atoms with Gasteiger partial charge >= 0.3 is 0 Å². The molecule has 0 saturated heterocycles. The van der Waals surface area contributed by atoms with Crippen molar-refractivity contribution >= 4 is 11.6 Å². The van der Waals surface area contributed by atoms with Gasteiger partial charge in [-0.3, -0.25) is 0 Å². The predicted molar refractivity (Wildman–Crippen MR) is 85.4 cm³/mol. The smallest absolute Gasteiger partial charge is 0.137 e. The van der Waals surface area contributed by atoms with E-state index in [4.69, 9.17) is 16.3 Å². The molecular weight excluding hydrogens is 289 g/mol. The first-order valence-electron chi connectivity index (χ1n) is 6.98. The van der Waals surface area contributed by atoms with E-state index in [-0.39, 0.29) is 5.82 Å². The van der Waals surface area contributed by atoms with Gasteiger partial charge in [-0.2, -0.15) is 0 Å². The van der Waals surface area contributed by atoms with E-state index in [1.165, 1.54) is 6.07 Å². The second kappa shape index (κ2) is 7.43. The highest BCUT2D eigenvalue weighted by Gasteiger charge is 2.09. The van der Waals surface area contributed by atoms with Gasteiger partial charge in [0.05, 0.1) is 12.1 Å². The molecule has 2 aromatic carbocycles. The molecule has 0 unspecified atom stereocenters. The summed E-state index contributed by atoms with van der Waals surface area (Å²) in [5.41, 5.74) is 2.85. The highest BCUT2D eigenvalue weighted by Crippen LogP contribution is 2.32. The van der Waals surface area contributed by atoms with Crippen molar-refractivity contribution in [1.29, 1.82) is 0 Å². The van der Waals surface area contributed by atoms with Gasteiger partial charge in [-0.1, -0.05) is 30.7 Å². The molecule has 0 fully saturated rings. The Morgan fingerprint density at radius 2 is 2.00 bits per heavy atom. The third-order valence-corrected chi connectivity index (χ3v) is 3.57. The number of nitrogens with one attached hydrogen (secondary N) is 1. The number of hydrogen-bond donors (Lipinski definition) is 1. The van der Waals surface area contributed by atoms with Gasteiger partial charge < -0.3 is 10.1 Å². The molecule has 0 heterocycles. The molecule has 0 spiro atoms. The lowest BCUT2D eigenvalue weighted by Crippen LogP contribution is -2.14. The first kappa shape index (κ1) is 15.8. The standard InChI is InChI=1S/C17H19ClFNO/c1-3-8-20-11-13-9-14(19)5-6-15(13)12-4-7-17(21-2)16(18)10-12/h4-7,9-10,20H,3,8,11H2,1-2H3. The van der Waals surface area contributed by atoms with Crippen LogP contribution < -0.4 is 10.1 Å². The van der Waals surface area contributed by atoms with E-state index in [9.17, 15) is 4.39 Å². The van der Waals surface area contributed by atoms with Crippen LogP contribution >= 0.6 is 11.6 Å². The van der Waals surface area contributed by atoms with Crippen molar-refractivity contribution in [2.75, 3.05) is 13.7 Å². The molecule has 0 amide bonds. The number of hydrogen-bond acceptors (Lipinski definition) is 2. The summed E-state index contributed by atoms with van der Waals surface area (Å²) in [6, 6.07) is 10.4. The Labute approximate surface area is 129 Å². The van der Waals surface area contributed by atoms with Gasteiger partial charge in [-0.25, -0.2) is 4.39 Å². The van der Waals surface area contributed by atoms with E-state index in [2.05, 4.69) is 12.2 Å². The monoisotopic (exact) mass is 307 g/mol. The molecular formula is C17H19ClFNO. The molecule has 0 aliphatic carbocycles. The van der Waals surface area contributed by atoms with E-state index < -0.39 is 0 Å². The number of rotatable bonds is 6. The van der Waals surface area contributed by atoms with Crippen molar-refractivity contribution in [1.82, 2.24) is 5.32 Å². The number of methoxy groups -OCH3 is 1. The summed E-state index contributed by atoms with van der Waals surface area (Å²) < 4.78 is 18.7. The molecule has 1 N–H and O–H groups in total. The van der Waals surface area contributed by atoms with Gasteiger partial charge in [0.2, 0.25) is 0 Å². The summed E-state index contributed by atoms with van der Waals surface area (Å²) >= 11 is 6.18. The maximum absolute atomic E-state index is 13.5. The molecule has 0 aliphatic heterocycles. The van der Waals surface area contributed by atoms with Crippen molar-refractivity contribution in [3.63, 3.8) is 0 Å². The van der Waals surface area contributed by atoms with Crippen LogP contribution in [-0.4, -0.2) is 13.7 Å². The first-order chi connectivity index (χ1) is 10.2. The van der Waals surface area contributed by atoms with Crippen LogP contribution in [0.5, 0.6) is 5.75 Å². The third-order valence-electron chi connectivity index (χ3n) is 3.27. The van der Waals surface area contributed by atoms with Gasteiger partial charge in [-0.15, -0.1) is 0 Å². The minimum Gasteiger partial charge on any atom is -0.495 e. The van der Waals surface area contributed by atoms with Crippen LogP contribution in [0, 0.1) is 5.82 Å². The topological polar surface area (TPSA) is 21.3 Å². The summed E-state index contributed by atoms with van der Waals surface area (Å²) in [4.78, 5) is 0. The molecule has 0 aromatic heterocycles. The molecule has 0 radical (unpaired) electrons. The van der Waals surface area contributed by atoms with Crippen LogP contribution in [0.4, 0.5) is 4.39 Å². The van der Waals surface area contributed by atoms with Crippen LogP contribution in [0.2, 0.25) is 5.02 Å². The van der Waals surface area contributed by atoms with E-state index in [0.717, 1.165) is 29.7 Å². The molecule has 0 atom stereocenters. The van der Waals surface area contributed by atoms with E-state index in [1.807, 2.05) is 18.2 Å². The zero-order chi connectivity index (χ0) is 15.2. The van der Waals surface area contributed by atoms with E-state index in [0.29, 0.717) is 17.3 Å². The molecule has 0 saturated carbocycles. The average Bonchev–Trinajstić information content (AvgIpc) is 2.47. The minimum atomic E-state index is -0.230. The van der Waals surface area contributed by atoms with Crippen LogP contribution in [-0.2, 0) is 6.54 Å². The van der Waals surface area contributed by atoms with Gasteiger partial charge in [0.1, 0.15) is 11.6 Å². The van der Waals surface area contributed by atoms with Gasteiger partial charge in [0.15, 0.2) is 0 Å². The molecule has 0 aliphatic rings. The van der Waals surface area contributed by atoms with Crippen LogP contribution in [0.25, 0.3) is 11.1 Å². The van der Waals surface area contributed by atoms with Crippen LogP contribution in [0.15, 0.2) is 36.4 Å². The molecule has 2 aromatic rings. The zero-order valence-electron chi connectivity index (χ0n) is 12.2. The highest BCUT2D eigenvalue weighted by molar-refractivity contribution is 6.32. The quantitative estimate of drug-likeness (QED) is 0.784. The lowest BCUT2D eigenvalue weighted by Gasteiger charge is -2.12. The summed E-state index contributed by atoms with van der Waals surface area (Å²) in [7, 11) is 1.58. The summed E-state index contributed by atoms with van der Waals surface area (Å²) in [6.07, 6.45) is 1.04. The Kier molecular flexibility index (Phi) is 5.59. The van der Waals surface area contributed by atoms with Crippen molar-refractivity contribution in [2.45, 2.75) is 19.9 Å². The zero-order valence-corrected chi connectivity index (χ0v) is 13.0. The second-order valence-electron chi connectivity index (χ2n) is 4.83. The maximum Gasteiger partial charge on any atom is 0.137 e. The predicted octanol–water partition coefficient (Wildman–Crippen LogP) is 4.65. The lowest BCUT2D eigenvalue weighted by molar-refractivity contribution is 0.415.